The fourth-order valence-electron chi connectivity index (χ4n) is 1.06. The van der Waals surface area contributed by atoms with Crippen LogP contribution in [0, 0.1) is 0 Å². The SMILES string of the molecule is C[Si](C)(C)OP(=O)(O[Si](C)(C)C)O[Si](C)(C)C.O=P(O)(O)O. The van der Waals surface area contributed by atoms with Crippen molar-refractivity contribution in [1.29, 1.82) is 0 Å². The summed E-state index contributed by atoms with van der Waals surface area (Å²) in [5.41, 5.74) is 0. The first-order valence-corrected chi connectivity index (χ1v) is 19.9. The van der Waals surface area contributed by atoms with Gasteiger partial charge in [-0.25, -0.2) is 9.13 Å². The molecule has 0 atom stereocenters. The highest BCUT2D eigenvalue weighted by Crippen LogP contribution is 2.55. The van der Waals surface area contributed by atoms with E-state index in [2.05, 4.69) is 0 Å². The molecule has 0 rings (SSSR count). The zero-order valence-electron chi connectivity index (χ0n) is 14.8. The summed E-state index contributed by atoms with van der Waals surface area (Å²) in [5, 5.41) is 0. The molecule has 13 heteroatoms. The van der Waals surface area contributed by atoms with Crippen molar-refractivity contribution in [2.24, 2.45) is 0 Å². The average Bonchev–Trinajstić information content (AvgIpc) is 1.82. The van der Waals surface area contributed by atoms with Crippen molar-refractivity contribution in [2.75, 3.05) is 0 Å². The highest BCUT2D eigenvalue weighted by atomic mass is 31.2. The highest BCUT2D eigenvalue weighted by molar-refractivity contribution is 7.53. The van der Waals surface area contributed by atoms with Gasteiger partial charge in [0.05, 0.1) is 0 Å². The minimum absolute atomic E-state index is 1.96. The Hall–Kier alpha value is 0.871. The summed E-state index contributed by atoms with van der Waals surface area (Å²) in [6.45, 7) is 17.9. The van der Waals surface area contributed by atoms with E-state index in [0.29, 0.717) is 0 Å². The normalized spacial score (nSPS) is 14.4. The van der Waals surface area contributed by atoms with E-state index >= 15 is 0 Å². The molecule has 0 saturated heterocycles. The summed E-state index contributed by atoms with van der Waals surface area (Å²) < 4.78 is 38.7. The molecule has 0 radical (unpaired) electrons. The van der Waals surface area contributed by atoms with Gasteiger partial charge in [0.15, 0.2) is 25.0 Å². The molecule has 0 aliphatic rings. The van der Waals surface area contributed by atoms with Gasteiger partial charge in [0.2, 0.25) is 0 Å². The Morgan fingerprint density at radius 2 is 0.727 bits per heavy atom. The second kappa shape index (κ2) is 8.30. The van der Waals surface area contributed by atoms with Crippen LogP contribution in [0.15, 0.2) is 0 Å². The summed E-state index contributed by atoms with van der Waals surface area (Å²) in [6, 6.07) is 0. The molecule has 8 nitrogen and oxygen atoms in total. The van der Waals surface area contributed by atoms with Gasteiger partial charge in [0, 0.05) is 0 Å². The van der Waals surface area contributed by atoms with E-state index in [-0.39, 0.29) is 0 Å². The van der Waals surface area contributed by atoms with E-state index in [4.69, 9.17) is 31.9 Å². The van der Waals surface area contributed by atoms with E-state index in [9.17, 15) is 4.57 Å². The lowest BCUT2D eigenvalue weighted by atomic mass is 11.8. The van der Waals surface area contributed by atoms with Crippen molar-refractivity contribution in [3.05, 3.63) is 0 Å². The van der Waals surface area contributed by atoms with Crippen molar-refractivity contribution in [2.45, 2.75) is 58.9 Å². The number of phosphoric acid groups is 2. The molecule has 0 heterocycles. The van der Waals surface area contributed by atoms with Crippen LogP contribution in [0.2, 0.25) is 58.9 Å². The second-order valence-electron chi connectivity index (χ2n) is 7.57. The van der Waals surface area contributed by atoms with Crippen LogP contribution >= 0.6 is 15.6 Å². The third kappa shape index (κ3) is 23.1. The lowest BCUT2D eigenvalue weighted by Crippen LogP contribution is -2.34. The minimum atomic E-state index is -4.64. The fourth-order valence-corrected chi connectivity index (χ4v) is 10.6. The predicted molar refractivity (Wildman–Crippen MR) is 95.2 cm³/mol. The molecule has 0 aliphatic carbocycles. The lowest BCUT2D eigenvalue weighted by molar-refractivity contribution is 0.275. The standard InChI is InChI=1S/C9H27O4PSi3.H3O4P/c1-15(2,3)11-14(10,12-16(4,5)6)13-17(7,8)9;1-5(2,3)4/h1-9H3;(H3,1,2,3,4). The Morgan fingerprint density at radius 1 is 0.591 bits per heavy atom. The summed E-state index contributed by atoms with van der Waals surface area (Å²) >= 11 is 0. The first kappa shape index (κ1) is 25.1. The topological polar surface area (TPSA) is 123 Å². The highest BCUT2D eigenvalue weighted by Gasteiger charge is 2.41. The Balaban J connectivity index is 0. The molecular formula is C9H30O8P2Si3. The minimum Gasteiger partial charge on any atom is -0.331 e. The Bertz CT molecular complexity index is 376. The summed E-state index contributed by atoms with van der Waals surface area (Å²) in [7, 11) is -13.9. The van der Waals surface area contributed by atoms with Gasteiger partial charge in [-0.1, -0.05) is 0 Å². The largest absolute Gasteiger partial charge is 0.466 e. The zero-order valence-corrected chi connectivity index (χ0v) is 19.6. The molecule has 0 fully saturated rings. The van der Waals surface area contributed by atoms with E-state index < -0.39 is 40.6 Å². The van der Waals surface area contributed by atoms with Gasteiger partial charge in [-0.3, -0.25) is 0 Å². The van der Waals surface area contributed by atoms with E-state index in [1.54, 1.807) is 0 Å². The maximum absolute atomic E-state index is 12.7. The zero-order chi connectivity index (χ0) is 18.6. The molecule has 0 amide bonds. The van der Waals surface area contributed by atoms with Crippen LogP contribution < -0.4 is 0 Å². The summed E-state index contributed by atoms with van der Waals surface area (Å²) in [4.78, 5) is 21.6. The van der Waals surface area contributed by atoms with Gasteiger partial charge >= 0.3 is 15.6 Å². The Kier molecular flexibility index (Phi) is 9.48. The Morgan fingerprint density at radius 3 is 0.818 bits per heavy atom. The van der Waals surface area contributed by atoms with Crippen molar-refractivity contribution in [3.8, 4) is 0 Å². The molecule has 136 valence electrons. The quantitative estimate of drug-likeness (QED) is 0.445. The van der Waals surface area contributed by atoms with Crippen molar-refractivity contribution in [3.63, 3.8) is 0 Å². The maximum atomic E-state index is 12.7. The van der Waals surface area contributed by atoms with Crippen molar-refractivity contribution in [1.82, 2.24) is 0 Å². The average molecular weight is 413 g/mol. The molecule has 0 bridgehead atoms. The van der Waals surface area contributed by atoms with Crippen LogP contribution in [0.1, 0.15) is 0 Å². The van der Waals surface area contributed by atoms with E-state index in [1.807, 2.05) is 58.9 Å². The fraction of sp³-hybridized carbons (Fsp3) is 1.00. The molecule has 3 N–H and O–H groups in total. The molecule has 0 aliphatic heterocycles. The molecule has 0 aromatic heterocycles. The Labute approximate surface area is 136 Å². The number of hydrogen-bond acceptors (Lipinski definition) is 5. The molecular weight excluding hydrogens is 382 g/mol. The van der Waals surface area contributed by atoms with Crippen LogP contribution in [-0.2, 0) is 21.8 Å². The summed E-state index contributed by atoms with van der Waals surface area (Å²) in [6.07, 6.45) is 0. The van der Waals surface area contributed by atoms with Crippen LogP contribution in [0.4, 0.5) is 0 Å². The first-order chi connectivity index (χ1) is 9.12. The van der Waals surface area contributed by atoms with Gasteiger partial charge in [-0.15, -0.1) is 0 Å². The third-order valence-corrected chi connectivity index (χ3v) is 10.4. The first-order valence-electron chi connectivity index (χ1n) is 6.63. The van der Waals surface area contributed by atoms with Crippen LogP contribution in [0.3, 0.4) is 0 Å². The van der Waals surface area contributed by atoms with Crippen LogP contribution in [0.25, 0.3) is 0 Å². The predicted octanol–water partition coefficient (Wildman–Crippen LogP) is 3.72. The lowest BCUT2D eigenvalue weighted by Gasteiger charge is -2.33. The van der Waals surface area contributed by atoms with Gasteiger partial charge < -0.3 is 27.3 Å². The number of rotatable bonds is 6. The van der Waals surface area contributed by atoms with Gasteiger partial charge in [0.1, 0.15) is 0 Å². The van der Waals surface area contributed by atoms with Crippen LogP contribution in [-0.4, -0.2) is 39.6 Å². The molecule has 0 spiro atoms. The number of hydrogen-bond donors (Lipinski definition) is 3. The van der Waals surface area contributed by atoms with Gasteiger partial charge in [-0.2, -0.15) is 0 Å². The maximum Gasteiger partial charge on any atom is 0.466 e. The molecule has 22 heavy (non-hydrogen) atoms. The van der Waals surface area contributed by atoms with Crippen LogP contribution in [0.5, 0.6) is 0 Å². The van der Waals surface area contributed by atoms with E-state index in [1.165, 1.54) is 0 Å². The van der Waals surface area contributed by atoms with E-state index in [0.717, 1.165) is 0 Å². The molecule has 0 aromatic rings. The van der Waals surface area contributed by atoms with Gasteiger partial charge in [0.25, 0.3) is 0 Å². The summed E-state index contributed by atoms with van der Waals surface area (Å²) in [5.74, 6) is 0. The van der Waals surface area contributed by atoms with Gasteiger partial charge in [-0.05, 0) is 58.9 Å². The van der Waals surface area contributed by atoms with Crippen molar-refractivity contribution < 1.29 is 36.4 Å². The molecule has 0 unspecified atom stereocenters. The second-order valence-corrected chi connectivity index (χ2v) is 24.4. The molecule has 0 saturated carbocycles. The smallest absolute Gasteiger partial charge is 0.331 e. The third-order valence-electron chi connectivity index (χ3n) is 1.16. The molecule has 0 aromatic carbocycles. The monoisotopic (exact) mass is 412 g/mol. The van der Waals surface area contributed by atoms with Crippen molar-refractivity contribution >= 4 is 40.6 Å².